The highest BCUT2D eigenvalue weighted by atomic mass is 35.5. The molecule has 1 aliphatic carbocycles. The van der Waals surface area contributed by atoms with E-state index in [-0.39, 0.29) is 5.92 Å². The van der Waals surface area contributed by atoms with Gasteiger partial charge < -0.3 is 9.47 Å². The van der Waals surface area contributed by atoms with Gasteiger partial charge in [0.15, 0.2) is 11.5 Å². The van der Waals surface area contributed by atoms with E-state index in [2.05, 4.69) is 18.8 Å². The van der Waals surface area contributed by atoms with Crippen molar-refractivity contribution in [3.05, 3.63) is 22.2 Å². The first-order valence-electron chi connectivity index (χ1n) is 7.80. The molecule has 0 saturated heterocycles. The van der Waals surface area contributed by atoms with Crippen molar-refractivity contribution in [1.29, 1.82) is 0 Å². The second-order valence-corrected chi connectivity index (χ2v) is 6.68. The summed E-state index contributed by atoms with van der Waals surface area (Å²) in [5.74, 6) is 1.56. The smallest absolute Gasteiger partial charge is 0.235 e. The molecule has 2 aliphatic rings. The normalized spacial score (nSPS) is 19.1. The number of fused-ring (bicyclic) bond motifs is 1. The van der Waals surface area contributed by atoms with Gasteiger partial charge in [0.25, 0.3) is 0 Å². The number of ether oxygens (including phenoxy) is 2. The molecule has 3 rings (SSSR count). The maximum Gasteiger partial charge on any atom is 0.235 e. The monoisotopic (exact) mass is 321 g/mol. The molecule has 0 spiro atoms. The number of hydrogen-bond donors (Lipinski definition) is 0. The van der Waals surface area contributed by atoms with Gasteiger partial charge in [-0.05, 0) is 30.4 Å². The standard InChI is InChI=1S/C17H20ClNO3/c1-11(2)14-12(17(19-10-20)5-3-4-6-17)9-13(18)15-16(14)22-8-7-21-15/h9,11H,3-8H2,1-2H3. The molecular formula is C17H20ClNO3. The number of rotatable bonds is 3. The van der Waals surface area contributed by atoms with Crippen molar-refractivity contribution in [2.24, 2.45) is 4.99 Å². The first kappa shape index (κ1) is 15.4. The number of aliphatic imine (C=N–C) groups is 1. The Hall–Kier alpha value is -1.51. The van der Waals surface area contributed by atoms with Crippen molar-refractivity contribution in [1.82, 2.24) is 0 Å². The van der Waals surface area contributed by atoms with E-state index in [1.165, 1.54) is 0 Å². The van der Waals surface area contributed by atoms with Gasteiger partial charge in [-0.2, -0.15) is 4.99 Å². The van der Waals surface area contributed by atoms with Gasteiger partial charge in [-0.15, -0.1) is 0 Å². The predicted molar refractivity (Wildman–Crippen MR) is 84.8 cm³/mol. The number of halogens is 1. The van der Waals surface area contributed by atoms with Crippen LogP contribution in [0.5, 0.6) is 11.5 Å². The number of benzene rings is 1. The third-order valence-corrected chi connectivity index (χ3v) is 4.85. The summed E-state index contributed by atoms with van der Waals surface area (Å²) in [5.41, 5.74) is 1.54. The van der Waals surface area contributed by atoms with Gasteiger partial charge in [0.05, 0.1) is 10.6 Å². The highest BCUT2D eigenvalue weighted by molar-refractivity contribution is 6.32. The van der Waals surface area contributed by atoms with E-state index in [0.29, 0.717) is 24.0 Å². The molecule has 1 aromatic carbocycles. The summed E-state index contributed by atoms with van der Waals surface area (Å²) in [6.45, 7) is 5.23. The molecule has 5 heteroatoms. The fourth-order valence-corrected chi connectivity index (χ4v) is 3.88. The molecule has 1 aliphatic heterocycles. The molecule has 1 heterocycles. The molecular weight excluding hydrogens is 302 g/mol. The molecule has 1 aromatic rings. The van der Waals surface area contributed by atoms with Crippen LogP contribution in [0.25, 0.3) is 0 Å². The summed E-state index contributed by atoms with van der Waals surface area (Å²) < 4.78 is 11.6. The van der Waals surface area contributed by atoms with Gasteiger partial charge in [-0.25, -0.2) is 4.79 Å². The quantitative estimate of drug-likeness (QED) is 0.614. The van der Waals surface area contributed by atoms with Crippen molar-refractivity contribution in [2.75, 3.05) is 13.2 Å². The van der Waals surface area contributed by atoms with E-state index in [9.17, 15) is 4.79 Å². The summed E-state index contributed by atoms with van der Waals surface area (Å²) in [6, 6.07) is 1.91. The lowest BCUT2D eigenvalue weighted by Crippen LogP contribution is -2.24. The van der Waals surface area contributed by atoms with Crippen LogP contribution in [0.4, 0.5) is 0 Å². The predicted octanol–water partition coefficient (Wildman–Crippen LogP) is 4.34. The number of nitrogens with zero attached hydrogens (tertiary/aromatic N) is 1. The van der Waals surface area contributed by atoms with Gasteiger partial charge in [0.2, 0.25) is 6.08 Å². The summed E-state index contributed by atoms with van der Waals surface area (Å²) in [4.78, 5) is 15.2. The van der Waals surface area contributed by atoms with Crippen molar-refractivity contribution >= 4 is 17.7 Å². The minimum absolute atomic E-state index is 0.224. The Bertz CT molecular complexity index is 629. The molecule has 0 unspecified atom stereocenters. The second kappa shape index (κ2) is 5.94. The average Bonchev–Trinajstić information content (AvgIpc) is 2.97. The molecule has 0 amide bonds. The highest BCUT2D eigenvalue weighted by Gasteiger charge is 2.40. The van der Waals surface area contributed by atoms with E-state index >= 15 is 0 Å². The molecule has 1 fully saturated rings. The average molecular weight is 322 g/mol. The maximum atomic E-state index is 11.0. The highest BCUT2D eigenvalue weighted by Crippen LogP contribution is 2.52. The molecule has 0 atom stereocenters. The summed E-state index contributed by atoms with van der Waals surface area (Å²) in [7, 11) is 0. The van der Waals surface area contributed by atoms with Crippen molar-refractivity contribution < 1.29 is 14.3 Å². The third kappa shape index (κ3) is 2.41. The van der Waals surface area contributed by atoms with Crippen molar-refractivity contribution in [3.8, 4) is 11.5 Å². The van der Waals surface area contributed by atoms with Crippen LogP contribution < -0.4 is 9.47 Å². The summed E-state index contributed by atoms with van der Waals surface area (Å²) >= 11 is 6.42. The Morgan fingerprint density at radius 1 is 1.23 bits per heavy atom. The largest absolute Gasteiger partial charge is 0.486 e. The third-order valence-electron chi connectivity index (χ3n) is 4.57. The summed E-state index contributed by atoms with van der Waals surface area (Å²) in [5, 5.41) is 0.529. The first-order valence-corrected chi connectivity index (χ1v) is 8.18. The fraction of sp³-hybridized carbons (Fsp3) is 0.588. The SMILES string of the molecule is CC(C)c1c(C2(N=C=O)CCCC2)cc(Cl)c2c1OCCO2. The zero-order valence-electron chi connectivity index (χ0n) is 12.9. The second-order valence-electron chi connectivity index (χ2n) is 6.27. The van der Waals surface area contributed by atoms with Gasteiger partial charge in [0.1, 0.15) is 13.2 Å². The Labute approximate surface area is 135 Å². The van der Waals surface area contributed by atoms with E-state index < -0.39 is 5.54 Å². The van der Waals surface area contributed by atoms with Crippen LogP contribution in [0.1, 0.15) is 56.6 Å². The Balaban J connectivity index is 2.26. The first-order chi connectivity index (χ1) is 10.6. The Morgan fingerprint density at radius 3 is 2.45 bits per heavy atom. The van der Waals surface area contributed by atoms with Crippen LogP contribution in [0.3, 0.4) is 0 Å². The number of hydrogen-bond acceptors (Lipinski definition) is 4. The minimum atomic E-state index is -0.513. The Kier molecular flexibility index (Phi) is 4.16. The number of carbonyl (C=O) groups excluding carboxylic acids is 1. The topological polar surface area (TPSA) is 47.9 Å². The lowest BCUT2D eigenvalue weighted by molar-refractivity contribution is 0.169. The molecule has 4 nitrogen and oxygen atoms in total. The van der Waals surface area contributed by atoms with E-state index in [4.69, 9.17) is 21.1 Å². The maximum absolute atomic E-state index is 11.0. The lowest BCUT2D eigenvalue weighted by atomic mass is 9.81. The van der Waals surface area contributed by atoms with Crippen LogP contribution in [0.15, 0.2) is 11.1 Å². The number of isocyanates is 1. The van der Waals surface area contributed by atoms with Gasteiger partial charge in [-0.1, -0.05) is 38.3 Å². The van der Waals surface area contributed by atoms with E-state index in [1.807, 2.05) is 6.07 Å². The zero-order valence-corrected chi connectivity index (χ0v) is 13.7. The summed E-state index contributed by atoms with van der Waals surface area (Å²) in [6.07, 6.45) is 5.57. The van der Waals surface area contributed by atoms with Gasteiger partial charge >= 0.3 is 0 Å². The molecule has 0 radical (unpaired) electrons. The van der Waals surface area contributed by atoms with Crippen LogP contribution in [-0.4, -0.2) is 19.3 Å². The zero-order chi connectivity index (χ0) is 15.7. The van der Waals surface area contributed by atoms with Gasteiger partial charge in [-0.3, -0.25) is 0 Å². The Morgan fingerprint density at radius 2 is 1.86 bits per heavy atom. The van der Waals surface area contributed by atoms with Crippen LogP contribution >= 0.6 is 11.6 Å². The van der Waals surface area contributed by atoms with E-state index in [0.717, 1.165) is 42.6 Å². The molecule has 1 saturated carbocycles. The lowest BCUT2D eigenvalue weighted by Gasteiger charge is -2.31. The molecule has 118 valence electrons. The van der Waals surface area contributed by atoms with Crippen LogP contribution in [-0.2, 0) is 10.3 Å². The molecule has 0 N–H and O–H groups in total. The van der Waals surface area contributed by atoms with E-state index in [1.54, 1.807) is 6.08 Å². The van der Waals surface area contributed by atoms with Crippen LogP contribution in [0.2, 0.25) is 5.02 Å². The van der Waals surface area contributed by atoms with Crippen molar-refractivity contribution in [2.45, 2.75) is 51.0 Å². The molecule has 22 heavy (non-hydrogen) atoms. The fourth-order valence-electron chi connectivity index (χ4n) is 3.64. The van der Waals surface area contributed by atoms with Crippen molar-refractivity contribution in [3.63, 3.8) is 0 Å². The molecule has 0 bridgehead atoms. The van der Waals surface area contributed by atoms with Crippen LogP contribution in [0, 0.1) is 0 Å². The van der Waals surface area contributed by atoms with Gasteiger partial charge in [0, 0.05) is 5.56 Å². The molecule has 0 aromatic heterocycles. The minimum Gasteiger partial charge on any atom is -0.486 e.